The number of aromatic nitrogens is 1. The summed E-state index contributed by atoms with van der Waals surface area (Å²) in [6.45, 7) is 8.21. The summed E-state index contributed by atoms with van der Waals surface area (Å²) in [7, 11) is -3.84. The highest BCUT2D eigenvalue weighted by atomic mass is 32.2. The predicted molar refractivity (Wildman–Crippen MR) is 131 cm³/mol. The highest BCUT2D eigenvalue weighted by Gasteiger charge is 2.15. The molecular weight excluding hydrogens is 460 g/mol. The molecule has 0 aliphatic carbocycles. The van der Waals surface area contributed by atoms with Crippen molar-refractivity contribution < 1.29 is 17.9 Å². The molecule has 0 atom stereocenters. The van der Waals surface area contributed by atoms with E-state index in [0.29, 0.717) is 16.6 Å². The van der Waals surface area contributed by atoms with Crippen molar-refractivity contribution in [2.45, 2.75) is 31.4 Å². The zero-order valence-electron chi connectivity index (χ0n) is 18.7. The molecule has 33 heavy (non-hydrogen) atoms. The monoisotopic (exact) mass is 488 g/mol. The van der Waals surface area contributed by atoms with Crippen LogP contribution in [0.1, 0.15) is 19.4 Å². The minimum atomic E-state index is -3.84. The Kier molecular flexibility index (Phi) is 7.30. The molecule has 176 valence electrons. The van der Waals surface area contributed by atoms with Gasteiger partial charge in [-0.25, -0.2) is 18.5 Å². The molecule has 1 fully saturated rings. The fourth-order valence-corrected chi connectivity index (χ4v) is 4.79. The third kappa shape index (κ3) is 6.30. The van der Waals surface area contributed by atoms with Gasteiger partial charge in [-0.2, -0.15) is 0 Å². The smallest absolute Gasteiger partial charge is 0.238 e. The Morgan fingerprint density at radius 3 is 2.58 bits per heavy atom. The summed E-state index contributed by atoms with van der Waals surface area (Å²) in [5, 5.41) is 11.1. The zero-order valence-corrected chi connectivity index (χ0v) is 20.3. The number of hydrogen-bond donors (Lipinski definition) is 2. The van der Waals surface area contributed by atoms with Crippen molar-refractivity contribution in [2.75, 3.05) is 31.6 Å². The van der Waals surface area contributed by atoms with E-state index in [9.17, 15) is 8.42 Å². The second-order valence-electron chi connectivity index (χ2n) is 8.12. The molecule has 2 aromatic carbocycles. The van der Waals surface area contributed by atoms with E-state index >= 15 is 0 Å². The summed E-state index contributed by atoms with van der Waals surface area (Å²) in [6.07, 6.45) is -0.0753. The fraction of sp³-hybridized carbons (Fsp3) is 0.348. The van der Waals surface area contributed by atoms with Crippen molar-refractivity contribution in [1.82, 2.24) is 9.88 Å². The first-order valence-electron chi connectivity index (χ1n) is 10.7. The van der Waals surface area contributed by atoms with Crippen molar-refractivity contribution in [3.8, 4) is 17.0 Å². The van der Waals surface area contributed by atoms with Crippen LogP contribution in [0, 0.1) is 0 Å². The van der Waals surface area contributed by atoms with E-state index in [-0.39, 0.29) is 11.0 Å². The normalized spacial score (nSPS) is 15.0. The summed E-state index contributed by atoms with van der Waals surface area (Å²) in [6, 6.07) is 12.9. The molecule has 0 saturated carbocycles. The number of thiazole rings is 1. The standard InChI is InChI=1S/C23H28N4O4S2/c1-16(2)31-22-8-7-19(33(24,28)29)13-20(22)25-23-26-21(15-32-23)18-5-3-17(4-6-18)14-27-9-11-30-12-10-27/h3-8,13,15-16H,9-12,14H2,1-2H3,(H,25,26)(H2,24,28,29). The van der Waals surface area contributed by atoms with Crippen LogP contribution in [0.5, 0.6) is 5.75 Å². The molecule has 1 aliphatic heterocycles. The molecule has 0 unspecified atom stereocenters. The lowest BCUT2D eigenvalue weighted by Gasteiger charge is -2.26. The second kappa shape index (κ2) is 10.2. The third-order valence-electron chi connectivity index (χ3n) is 5.15. The Labute approximate surface area is 198 Å². The van der Waals surface area contributed by atoms with Gasteiger partial charge in [0.1, 0.15) is 5.75 Å². The fourth-order valence-electron chi connectivity index (χ4n) is 3.52. The summed E-state index contributed by atoms with van der Waals surface area (Å²) >= 11 is 1.43. The van der Waals surface area contributed by atoms with Crippen LogP contribution in [-0.4, -0.2) is 50.7 Å². The van der Waals surface area contributed by atoms with Crippen molar-refractivity contribution in [3.63, 3.8) is 0 Å². The maximum atomic E-state index is 11.8. The highest BCUT2D eigenvalue weighted by Crippen LogP contribution is 2.33. The van der Waals surface area contributed by atoms with Crippen molar-refractivity contribution in [2.24, 2.45) is 5.14 Å². The predicted octanol–water partition coefficient (Wildman–Crippen LogP) is 3.82. The van der Waals surface area contributed by atoms with E-state index in [2.05, 4.69) is 39.5 Å². The molecule has 0 amide bonds. The maximum Gasteiger partial charge on any atom is 0.238 e. The number of primary sulfonamides is 1. The SMILES string of the molecule is CC(C)Oc1ccc(S(N)(=O)=O)cc1Nc1nc(-c2ccc(CN3CCOCC3)cc2)cs1. The minimum absolute atomic E-state index is 0.00809. The molecule has 2 heterocycles. The van der Waals surface area contributed by atoms with Gasteiger partial charge >= 0.3 is 0 Å². The molecule has 0 spiro atoms. The van der Waals surface area contributed by atoms with Crippen LogP contribution in [0.2, 0.25) is 0 Å². The molecular formula is C23H28N4O4S2. The van der Waals surface area contributed by atoms with E-state index in [4.69, 9.17) is 14.6 Å². The van der Waals surface area contributed by atoms with E-state index < -0.39 is 10.0 Å². The molecule has 0 bridgehead atoms. The number of hydrogen-bond acceptors (Lipinski definition) is 8. The summed E-state index contributed by atoms with van der Waals surface area (Å²) in [5.74, 6) is 0.529. The number of nitrogens with two attached hydrogens (primary N) is 1. The number of ether oxygens (including phenoxy) is 2. The Balaban J connectivity index is 1.50. The molecule has 1 saturated heterocycles. The van der Waals surface area contributed by atoms with E-state index in [1.807, 2.05) is 19.2 Å². The Morgan fingerprint density at radius 2 is 1.91 bits per heavy atom. The largest absolute Gasteiger partial charge is 0.489 e. The third-order valence-corrected chi connectivity index (χ3v) is 6.82. The van der Waals surface area contributed by atoms with Crippen LogP contribution >= 0.6 is 11.3 Å². The molecule has 10 heteroatoms. The number of nitrogens with one attached hydrogen (secondary N) is 1. The number of nitrogens with zero attached hydrogens (tertiary/aromatic N) is 2. The van der Waals surface area contributed by atoms with Crippen molar-refractivity contribution in [3.05, 3.63) is 53.4 Å². The van der Waals surface area contributed by atoms with Gasteiger partial charge in [0.15, 0.2) is 5.13 Å². The quantitative estimate of drug-likeness (QED) is 0.496. The van der Waals surface area contributed by atoms with Gasteiger partial charge in [-0.05, 0) is 37.6 Å². The molecule has 3 N–H and O–H groups in total. The van der Waals surface area contributed by atoms with Gasteiger partial charge in [-0.1, -0.05) is 24.3 Å². The van der Waals surface area contributed by atoms with Gasteiger partial charge in [0, 0.05) is 30.6 Å². The van der Waals surface area contributed by atoms with Crippen LogP contribution < -0.4 is 15.2 Å². The van der Waals surface area contributed by atoms with Gasteiger partial charge < -0.3 is 14.8 Å². The van der Waals surface area contributed by atoms with Crippen LogP contribution in [0.15, 0.2) is 52.7 Å². The Hall–Kier alpha value is -2.50. The topological polar surface area (TPSA) is 107 Å². The molecule has 1 aliphatic rings. The van der Waals surface area contributed by atoms with Gasteiger partial charge in [0.2, 0.25) is 10.0 Å². The minimum Gasteiger partial charge on any atom is -0.489 e. The highest BCUT2D eigenvalue weighted by molar-refractivity contribution is 7.89. The summed E-state index contributed by atoms with van der Waals surface area (Å²) in [5.41, 5.74) is 3.61. The average molecular weight is 489 g/mol. The van der Waals surface area contributed by atoms with Crippen LogP contribution in [0.4, 0.5) is 10.8 Å². The van der Waals surface area contributed by atoms with Crippen LogP contribution in [0.25, 0.3) is 11.3 Å². The van der Waals surface area contributed by atoms with Gasteiger partial charge in [-0.15, -0.1) is 11.3 Å². The number of benzene rings is 2. The van der Waals surface area contributed by atoms with Crippen LogP contribution in [0.3, 0.4) is 0 Å². The van der Waals surface area contributed by atoms with Gasteiger partial charge in [-0.3, -0.25) is 4.90 Å². The van der Waals surface area contributed by atoms with Gasteiger partial charge in [0.05, 0.1) is 35.6 Å². The Bertz CT molecular complexity index is 1190. The summed E-state index contributed by atoms with van der Waals surface area (Å²) < 4.78 is 34.8. The molecule has 3 aromatic rings. The molecule has 1 aromatic heterocycles. The first-order chi connectivity index (χ1) is 15.8. The average Bonchev–Trinajstić information content (AvgIpc) is 3.24. The molecule has 8 nitrogen and oxygen atoms in total. The van der Waals surface area contributed by atoms with E-state index in [1.165, 1.54) is 29.0 Å². The lowest BCUT2D eigenvalue weighted by atomic mass is 10.1. The molecule has 0 radical (unpaired) electrons. The second-order valence-corrected chi connectivity index (χ2v) is 10.5. The zero-order chi connectivity index (χ0) is 23.4. The van der Waals surface area contributed by atoms with Crippen molar-refractivity contribution in [1.29, 1.82) is 0 Å². The van der Waals surface area contributed by atoms with E-state index in [1.54, 1.807) is 6.07 Å². The number of rotatable bonds is 8. The molecule has 4 rings (SSSR count). The lowest BCUT2D eigenvalue weighted by Crippen LogP contribution is -2.35. The number of sulfonamides is 1. The van der Waals surface area contributed by atoms with Gasteiger partial charge in [0.25, 0.3) is 0 Å². The lowest BCUT2D eigenvalue weighted by molar-refractivity contribution is 0.0342. The van der Waals surface area contributed by atoms with Crippen molar-refractivity contribution >= 4 is 32.2 Å². The first-order valence-corrected chi connectivity index (χ1v) is 13.2. The first kappa shape index (κ1) is 23.7. The maximum absolute atomic E-state index is 11.8. The Morgan fingerprint density at radius 1 is 1.18 bits per heavy atom. The van der Waals surface area contributed by atoms with E-state index in [0.717, 1.165) is 44.1 Å². The van der Waals surface area contributed by atoms with Crippen LogP contribution in [-0.2, 0) is 21.3 Å². The summed E-state index contributed by atoms with van der Waals surface area (Å²) in [4.78, 5) is 7.07. The number of anilines is 2. The number of morpholine rings is 1.